The van der Waals surface area contributed by atoms with Crippen LogP contribution in [0.15, 0.2) is 54.6 Å². The monoisotopic (exact) mass is 354 g/mol. The summed E-state index contributed by atoms with van der Waals surface area (Å²) in [5, 5.41) is 0.583. The van der Waals surface area contributed by atoms with E-state index in [0.29, 0.717) is 22.9 Å². The summed E-state index contributed by atoms with van der Waals surface area (Å²) in [7, 11) is 0. The lowest BCUT2D eigenvalue weighted by Crippen LogP contribution is -1.94. The Morgan fingerprint density at radius 2 is 1.58 bits per heavy atom. The van der Waals surface area contributed by atoms with Gasteiger partial charge in [-0.25, -0.2) is 17.6 Å². The van der Waals surface area contributed by atoms with E-state index in [4.69, 9.17) is 0 Å². The van der Waals surface area contributed by atoms with Crippen molar-refractivity contribution in [2.45, 2.75) is 13.3 Å². The first-order valence-electron chi connectivity index (χ1n) is 7.98. The minimum absolute atomic E-state index is 0.126. The minimum atomic E-state index is -0.934. The van der Waals surface area contributed by atoms with E-state index in [1.54, 1.807) is 18.2 Å². The Kier molecular flexibility index (Phi) is 5.09. The van der Waals surface area contributed by atoms with Gasteiger partial charge in [0.25, 0.3) is 0 Å². The number of rotatable bonds is 2. The molecule has 0 amide bonds. The Balaban J connectivity index is 1.97. The third kappa shape index (κ3) is 3.62. The molecular weight excluding hydrogens is 340 g/mol. The van der Waals surface area contributed by atoms with E-state index < -0.39 is 23.3 Å². The molecule has 4 heteroatoms. The fraction of sp³-hybridized carbons (Fsp3) is 0.0909. The van der Waals surface area contributed by atoms with Crippen molar-refractivity contribution in [2.24, 2.45) is 0 Å². The Morgan fingerprint density at radius 1 is 0.846 bits per heavy atom. The van der Waals surface area contributed by atoms with Gasteiger partial charge in [0.15, 0.2) is 11.6 Å². The van der Waals surface area contributed by atoms with Crippen LogP contribution in [0.5, 0.6) is 0 Å². The molecule has 0 radical (unpaired) electrons. The van der Waals surface area contributed by atoms with Gasteiger partial charge in [-0.2, -0.15) is 0 Å². The smallest absolute Gasteiger partial charge is 0.166 e. The largest absolute Gasteiger partial charge is 0.206 e. The zero-order valence-electron chi connectivity index (χ0n) is 13.9. The van der Waals surface area contributed by atoms with E-state index in [9.17, 15) is 17.6 Å². The molecule has 3 aromatic rings. The average Bonchev–Trinajstić information content (AvgIpc) is 2.62. The number of benzene rings is 3. The summed E-state index contributed by atoms with van der Waals surface area (Å²) in [6.45, 7) is 1.83. The molecule has 26 heavy (non-hydrogen) atoms. The molecule has 0 nitrogen and oxygen atoms in total. The Labute approximate surface area is 148 Å². The average molecular weight is 354 g/mol. The highest BCUT2D eigenvalue weighted by Crippen LogP contribution is 2.21. The van der Waals surface area contributed by atoms with Crippen LogP contribution in [0.25, 0.3) is 10.8 Å². The van der Waals surface area contributed by atoms with Gasteiger partial charge >= 0.3 is 0 Å². The second-order valence-corrected chi connectivity index (χ2v) is 5.75. The molecule has 0 fully saturated rings. The van der Waals surface area contributed by atoms with Crippen LogP contribution in [0.4, 0.5) is 17.6 Å². The maximum atomic E-state index is 14.1. The van der Waals surface area contributed by atoms with Crippen molar-refractivity contribution in [1.29, 1.82) is 0 Å². The SMILES string of the molecule is CC=CCc1cc(F)c(C#Cc2ccc3c(F)c(F)ccc3c2)c(F)c1. The highest BCUT2D eigenvalue weighted by atomic mass is 19.2. The summed E-state index contributed by atoms with van der Waals surface area (Å²) in [6.07, 6.45) is 4.04. The van der Waals surface area contributed by atoms with Crippen LogP contribution in [0.2, 0.25) is 0 Å². The summed E-state index contributed by atoms with van der Waals surface area (Å²) in [5.74, 6) is 1.83. The van der Waals surface area contributed by atoms with E-state index in [0.717, 1.165) is 6.07 Å². The van der Waals surface area contributed by atoms with Crippen LogP contribution in [0.3, 0.4) is 0 Å². The second kappa shape index (κ2) is 7.45. The van der Waals surface area contributed by atoms with Gasteiger partial charge in [-0.3, -0.25) is 0 Å². The molecule has 0 atom stereocenters. The van der Waals surface area contributed by atoms with Crippen LogP contribution in [0.1, 0.15) is 23.6 Å². The van der Waals surface area contributed by atoms with Crippen LogP contribution in [0, 0.1) is 35.1 Å². The van der Waals surface area contributed by atoms with Gasteiger partial charge in [0.2, 0.25) is 0 Å². The standard InChI is InChI=1S/C22H14F4/c1-2-3-4-15-12-20(24)18(21(25)13-15)9-6-14-5-8-17-16(11-14)7-10-19(23)22(17)26/h2-3,5,7-8,10-13H,4H2,1H3. The lowest BCUT2D eigenvalue weighted by molar-refractivity contribution is 0.517. The quantitative estimate of drug-likeness (QED) is 0.305. The van der Waals surface area contributed by atoms with Crippen molar-refractivity contribution in [3.63, 3.8) is 0 Å². The lowest BCUT2D eigenvalue weighted by Gasteiger charge is -2.02. The van der Waals surface area contributed by atoms with E-state index in [-0.39, 0.29) is 10.9 Å². The van der Waals surface area contributed by atoms with Crippen molar-refractivity contribution in [2.75, 3.05) is 0 Å². The number of allylic oxidation sites excluding steroid dienone is 2. The molecule has 130 valence electrons. The van der Waals surface area contributed by atoms with E-state index in [1.807, 2.05) is 6.92 Å². The summed E-state index contributed by atoms with van der Waals surface area (Å²) in [4.78, 5) is 0. The maximum Gasteiger partial charge on any atom is 0.166 e. The summed E-state index contributed by atoms with van der Waals surface area (Å²) in [6, 6.07) is 9.38. The van der Waals surface area contributed by atoms with Crippen molar-refractivity contribution in [1.82, 2.24) is 0 Å². The summed E-state index contributed by atoms with van der Waals surface area (Å²) >= 11 is 0. The predicted octanol–water partition coefficient (Wildman–Crippen LogP) is 5.91. The fourth-order valence-electron chi connectivity index (χ4n) is 2.59. The number of fused-ring (bicyclic) bond motifs is 1. The first kappa shape index (κ1) is 17.8. The minimum Gasteiger partial charge on any atom is -0.206 e. The number of hydrogen-bond acceptors (Lipinski definition) is 0. The molecule has 0 spiro atoms. The Hall–Kier alpha value is -3.06. The maximum absolute atomic E-state index is 14.1. The first-order valence-corrected chi connectivity index (χ1v) is 7.98. The van der Waals surface area contributed by atoms with Crippen molar-refractivity contribution in [3.05, 3.63) is 94.6 Å². The molecule has 0 saturated heterocycles. The third-order valence-corrected chi connectivity index (χ3v) is 3.93. The molecule has 0 heterocycles. The second-order valence-electron chi connectivity index (χ2n) is 5.75. The first-order chi connectivity index (χ1) is 12.5. The predicted molar refractivity (Wildman–Crippen MR) is 94.7 cm³/mol. The Bertz CT molecular complexity index is 1050. The van der Waals surface area contributed by atoms with Crippen LogP contribution in [-0.4, -0.2) is 0 Å². The zero-order chi connectivity index (χ0) is 18.7. The Morgan fingerprint density at radius 3 is 2.27 bits per heavy atom. The van der Waals surface area contributed by atoms with Gasteiger partial charge < -0.3 is 0 Å². The van der Waals surface area contributed by atoms with Gasteiger partial charge in [-0.15, -0.1) is 0 Å². The summed E-state index contributed by atoms with van der Waals surface area (Å²) < 4.78 is 55.2. The molecule has 0 aliphatic carbocycles. The van der Waals surface area contributed by atoms with Gasteiger partial charge in [0.05, 0.1) is 5.56 Å². The van der Waals surface area contributed by atoms with Crippen molar-refractivity contribution < 1.29 is 17.6 Å². The molecule has 0 unspecified atom stereocenters. The normalized spacial score (nSPS) is 11.0. The van der Waals surface area contributed by atoms with E-state index in [1.165, 1.54) is 30.3 Å². The van der Waals surface area contributed by atoms with Gasteiger partial charge in [0, 0.05) is 10.9 Å². The van der Waals surface area contributed by atoms with Gasteiger partial charge in [-0.05, 0) is 54.6 Å². The molecule has 0 N–H and O–H groups in total. The molecule has 0 bridgehead atoms. The van der Waals surface area contributed by atoms with Crippen LogP contribution >= 0.6 is 0 Å². The molecule has 3 aromatic carbocycles. The van der Waals surface area contributed by atoms with Crippen LogP contribution < -0.4 is 0 Å². The van der Waals surface area contributed by atoms with Crippen LogP contribution in [-0.2, 0) is 6.42 Å². The fourth-order valence-corrected chi connectivity index (χ4v) is 2.59. The molecule has 0 saturated carbocycles. The molecule has 0 aliphatic rings. The molecule has 0 aliphatic heterocycles. The van der Waals surface area contributed by atoms with E-state index >= 15 is 0 Å². The lowest BCUT2D eigenvalue weighted by atomic mass is 10.0. The third-order valence-electron chi connectivity index (χ3n) is 3.93. The van der Waals surface area contributed by atoms with Crippen molar-refractivity contribution >= 4 is 10.8 Å². The molecule has 0 aromatic heterocycles. The molecule has 3 rings (SSSR count). The van der Waals surface area contributed by atoms with Crippen molar-refractivity contribution in [3.8, 4) is 11.8 Å². The number of hydrogen-bond donors (Lipinski definition) is 0. The van der Waals surface area contributed by atoms with Gasteiger partial charge in [0.1, 0.15) is 11.6 Å². The summed E-state index contributed by atoms with van der Waals surface area (Å²) in [5.41, 5.74) is 0.645. The van der Waals surface area contributed by atoms with Gasteiger partial charge in [-0.1, -0.05) is 36.1 Å². The molecular formula is C22H14F4. The highest BCUT2D eigenvalue weighted by molar-refractivity contribution is 5.84. The van der Waals surface area contributed by atoms with E-state index in [2.05, 4.69) is 11.8 Å². The number of halogens is 4. The topological polar surface area (TPSA) is 0 Å². The zero-order valence-corrected chi connectivity index (χ0v) is 13.9. The highest BCUT2D eigenvalue weighted by Gasteiger charge is 2.09.